The smallest absolute Gasteiger partial charge is 0.405 e. The summed E-state index contributed by atoms with van der Waals surface area (Å²) in [7, 11) is 0. The molecule has 6 heteroatoms. The van der Waals surface area contributed by atoms with Gasteiger partial charge in [-0.05, 0) is 23.3 Å². The number of nitrogens with two attached hydrogens (primary N) is 1. The van der Waals surface area contributed by atoms with Gasteiger partial charge in [0, 0.05) is 17.1 Å². The molecule has 0 fully saturated rings. The summed E-state index contributed by atoms with van der Waals surface area (Å²) >= 11 is 6.02. The lowest BCUT2D eigenvalue weighted by Crippen LogP contribution is -2.17. The van der Waals surface area contributed by atoms with Crippen molar-refractivity contribution in [1.82, 2.24) is 0 Å². The fourth-order valence-corrected chi connectivity index (χ4v) is 2.17. The minimum absolute atomic E-state index is 0.120. The van der Waals surface area contributed by atoms with Crippen LogP contribution >= 0.6 is 11.6 Å². The van der Waals surface area contributed by atoms with Gasteiger partial charge in [0.25, 0.3) is 0 Å². The van der Waals surface area contributed by atoms with Crippen LogP contribution in [0.2, 0.25) is 5.02 Å². The van der Waals surface area contributed by atoms with Crippen molar-refractivity contribution < 1.29 is 17.9 Å². The van der Waals surface area contributed by atoms with Crippen LogP contribution in [0.1, 0.15) is 5.56 Å². The Morgan fingerprint density at radius 2 is 1.65 bits per heavy atom. The van der Waals surface area contributed by atoms with Gasteiger partial charge in [-0.3, -0.25) is 0 Å². The van der Waals surface area contributed by atoms with Crippen molar-refractivity contribution in [2.24, 2.45) is 5.73 Å². The highest BCUT2D eigenvalue weighted by molar-refractivity contribution is 6.31. The molecule has 0 aliphatic rings. The molecule has 106 valence electrons. The average Bonchev–Trinajstić information content (AvgIpc) is 2.37. The lowest BCUT2D eigenvalue weighted by atomic mass is 9.99. The van der Waals surface area contributed by atoms with E-state index in [1.54, 1.807) is 24.3 Å². The van der Waals surface area contributed by atoms with Crippen LogP contribution in [0.4, 0.5) is 13.2 Å². The standard InChI is InChI=1S/C14H11ClF3NO/c15-12-6-3-5-9(11(12)8-19)10-4-1-2-7-13(10)20-14(16,17)18/h1-7H,8,19H2. The Morgan fingerprint density at radius 3 is 2.30 bits per heavy atom. The zero-order valence-electron chi connectivity index (χ0n) is 10.2. The third kappa shape index (κ3) is 3.23. The molecule has 0 spiro atoms. The topological polar surface area (TPSA) is 35.2 Å². The maximum Gasteiger partial charge on any atom is 0.573 e. The van der Waals surface area contributed by atoms with E-state index in [0.717, 1.165) is 0 Å². The van der Waals surface area contributed by atoms with Crippen LogP contribution in [0.5, 0.6) is 5.75 Å². The number of rotatable bonds is 3. The summed E-state index contributed by atoms with van der Waals surface area (Å²) in [4.78, 5) is 0. The second-order valence-electron chi connectivity index (χ2n) is 4.01. The largest absolute Gasteiger partial charge is 0.573 e. The van der Waals surface area contributed by atoms with Gasteiger partial charge in [-0.15, -0.1) is 13.2 Å². The Hall–Kier alpha value is -1.72. The third-order valence-electron chi connectivity index (χ3n) is 2.73. The monoisotopic (exact) mass is 301 g/mol. The Balaban J connectivity index is 2.56. The Kier molecular flexibility index (Phi) is 4.20. The maximum atomic E-state index is 12.4. The second kappa shape index (κ2) is 5.73. The molecule has 0 unspecified atom stereocenters. The summed E-state index contributed by atoms with van der Waals surface area (Å²) in [6, 6.07) is 10.8. The van der Waals surface area contributed by atoms with E-state index in [1.807, 2.05) is 0 Å². The molecule has 20 heavy (non-hydrogen) atoms. The van der Waals surface area contributed by atoms with E-state index in [9.17, 15) is 13.2 Å². The van der Waals surface area contributed by atoms with Gasteiger partial charge >= 0.3 is 6.36 Å². The van der Waals surface area contributed by atoms with Gasteiger partial charge in [-0.25, -0.2) is 0 Å². The van der Waals surface area contributed by atoms with Crippen LogP contribution in [0, 0.1) is 0 Å². The quantitative estimate of drug-likeness (QED) is 0.914. The average molecular weight is 302 g/mol. The number of para-hydroxylation sites is 1. The fraction of sp³-hybridized carbons (Fsp3) is 0.143. The Labute approximate surface area is 118 Å². The van der Waals surface area contributed by atoms with Crippen LogP contribution in [0.15, 0.2) is 42.5 Å². The summed E-state index contributed by atoms with van der Waals surface area (Å²) in [5, 5.41) is 0.409. The van der Waals surface area contributed by atoms with Crippen molar-refractivity contribution in [2.45, 2.75) is 12.9 Å². The first-order valence-electron chi connectivity index (χ1n) is 5.75. The minimum Gasteiger partial charge on any atom is -0.405 e. The summed E-state index contributed by atoms with van der Waals surface area (Å²) in [6.07, 6.45) is -4.75. The van der Waals surface area contributed by atoms with Crippen molar-refractivity contribution in [3.8, 4) is 16.9 Å². The molecular weight excluding hydrogens is 291 g/mol. The van der Waals surface area contributed by atoms with Crippen molar-refractivity contribution in [3.63, 3.8) is 0 Å². The molecule has 2 aromatic rings. The number of halogens is 4. The van der Waals surface area contributed by atoms with E-state index in [4.69, 9.17) is 17.3 Å². The molecule has 2 rings (SSSR count). The van der Waals surface area contributed by atoms with Crippen molar-refractivity contribution in [2.75, 3.05) is 0 Å². The predicted octanol–water partition coefficient (Wildman–Crippen LogP) is 4.36. The molecule has 2 aromatic carbocycles. The summed E-state index contributed by atoms with van der Waals surface area (Å²) in [5.41, 5.74) is 7.02. The second-order valence-corrected chi connectivity index (χ2v) is 4.42. The number of benzene rings is 2. The lowest BCUT2D eigenvalue weighted by molar-refractivity contribution is -0.274. The van der Waals surface area contributed by atoms with Gasteiger partial charge in [0.05, 0.1) is 0 Å². The molecular formula is C14H11ClF3NO. The zero-order valence-corrected chi connectivity index (χ0v) is 11.0. The van der Waals surface area contributed by atoms with Crippen LogP contribution in [-0.2, 0) is 6.54 Å². The molecule has 0 aromatic heterocycles. The third-order valence-corrected chi connectivity index (χ3v) is 3.08. The van der Waals surface area contributed by atoms with Gasteiger partial charge in [0.2, 0.25) is 0 Å². The fourth-order valence-electron chi connectivity index (χ4n) is 1.92. The summed E-state index contributed by atoms with van der Waals surface area (Å²) < 4.78 is 41.3. The lowest BCUT2D eigenvalue weighted by Gasteiger charge is -2.15. The SMILES string of the molecule is NCc1c(Cl)cccc1-c1ccccc1OC(F)(F)F. The molecule has 2 N–H and O–H groups in total. The highest BCUT2D eigenvalue weighted by atomic mass is 35.5. The highest BCUT2D eigenvalue weighted by Crippen LogP contribution is 2.37. The first-order valence-corrected chi connectivity index (χ1v) is 6.13. The van der Waals surface area contributed by atoms with Gasteiger partial charge in [-0.1, -0.05) is 41.9 Å². The highest BCUT2D eigenvalue weighted by Gasteiger charge is 2.32. The molecule has 0 saturated carbocycles. The first-order chi connectivity index (χ1) is 9.42. The molecule has 0 bridgehead atoms. The van der Waals surface area contributed by atoms with Gasteiger partial charge in [-0.2, -0.15) is 0 Å². The first kappa shape index (κ1) is 14.7. The van der Waals surface area contributed by atoms with Gasteiger partial charge < -0.3 is 10.5 Å². The van der Waals surface area contributed by atoms with E-state index >= 15 is 0 Å². The number of ether oxygens (including phenoxy) is 1. The predicted molar refractivity (Wildman–Crippen MR) is 71.5 cm³/mol. The molecule has 0 aliphatic heterocycles. The van der Waals surface area contributed by atoms with Gasteiger partial charge in [0.1, 0.15) is 5.75 Å². The number of hydrogen-bond acceptors (Lipinski definition) is 2. The van der Waals surface area contributed by atoms with E-state index < -0.39 is 6.36 Å². The van der Waals surface area contributed by atoms with Crippen LogP contribution in [0.25, 0.3) is 11.1 Å². The van der Waals surface area contributed by atoms with Crippen LogP contribution in [0.3, 0.4) is 0 Å². The molecule has 0 atom stereocenters. The van der Waals surface area contributed by atoms with Crippen LogP contribution < -0.4 is 10.5 Å². The van der Waals surface area contributed by atoms with E-state index in [-0.39, 0.29) is 12.3 Å². The zero-order chi connectivity index (χ0) is 14.8. The molecule has 2 nitrogen and oxygen atoms in total. The molecule has 0 aliphatic carbocycles. The van der Waals surface area contributed by atoms with E-state index in [2.05, 4.69) is 4.74 Å². The van der Waals surface area contributed by atoms with E-state index in [0.29, 0.717) is 21.7 Å². The van der Waals surface area contributed by atoms with E-state index in [1.165, 1.54) is 18.2 Å². The number of hydrogen-bond donors (Lipinski definition) is 1. The van der Waals surface area contributed by atoms with Gasteiger partial charge in [0.15, 0.2) is 0 Å². The molecule has 0 saturated heterocycles. The van der Waals surface area contributed by atoms with Crippen molar-refractivity contribution in [3.05, 3.63) is 53.1 Å². The molecule has 0 radical (unpaired) electrons. The molecule has 0 heterocycles. The molecule has 0 amide bonds. The summed E-state index contributed by atoms with van der Waals surface area (Å²) in [6.45, 7) is 0.120. The van der Waals surface area contributed by atoms with Crippen LogP contribution in [-0.4, -0.2) is 6.36 Å². The summed E-state index contributed by atoms with van der Waals surface area (Å²) in [5.74, 6) is -0.281. The maximum absolute atomic E-state index is 12.4. The Bertz CT molecular complexity index is 614. The van der Waals surface area contributed by atoms with Crippen molar-refractivity contribution >= 4 is 11.6 Å². The normalized spacial score (nSPS) is 11.4. The number of alkyl halides is 3. The Morgan fingerprint density at radius 1 is 1.00 bits per heavy atom. The van der Waals surface area contributed by atoms with Crippen molar-refractivity contribution in [1.29, 1.82) is 0 Å². The minimum atomic E-state index is -4.75.